The first-order valence-electron chi connectivity index (χ1n) is 11.2. The van der Waals surface area contributed by atoms with Gasteiger partial charge in [-0.3, -0.25) is 4.79 Å². The Bertz CT molecular complexity index is 1020. The van der Waals surface area contributed by atoms with Gasteiger partial charge in [-0.2, -0.15) is 0 Å². The van der Waals surface area contributed by atoms with Gasteiger partial charge in [0, 0.05) is 43.0 Å². The average Bonchev–Trinajstić information content (AvgIpc) is 3.57. The average molecular weight is 459 g/mol. The Morgan fingerprint density at radius 1 is 1.19 bits per heavy atom. The van der Waals surface area contributed by atoms with Crippen LogP contribution in [0.25, 0.3) is 10.9 Å². The summed E-state index contributed by atoms with van der Waals surface area (Å²) in [6, 6.07) is 7.40. The van der Waals surface area contributed by atoms with Crippen LogP contribution in [-0.2, 0) is 9.53 Å². The predicted octanol–water partition coefficient (Wildman–Crippen LogP) is 4.53. The first-order chi connectivity index (χ1) is 15.1. The van der Waals surface area contributed by atoms with Crippen LogP contribution in [0, 0.1) is 5.92 Å². The van der Waals surface area contributed by atoms with Crippen LogP contribution in [-0.4, -0.2) is 53.7 Å². The highest BCUT2D eigenvalue weighted by Crippen LogP contribution is 2.34. The van der Waals surface area contributed by atoms with Crippen LogP contribution in [0.15, 0.2) is 24.3 Å². The van der Waals surface area contributed by atoms with Crippen LogP contribution in [0.4, 0.5) is 10.6 Å². The summed E-state index contributed by atoms with van der Waals surface area (Å²) in [4.78, 5) is 33.9. The van der Waals surface area contributed by atoms with Gasteiger partial charge in [-0.1, -0.05) is 23.7 Å². The fraction of sp³-hybridized carbons (Fsp3) is 0.542. The Balaban J connectivity index is 1.60. The molecular weight excluding hydrogens is 428 g/mol. The van der Waals surface area contributed by atoms with E-state index in [1.807, 2.05) is 56.9 Å². The summed E-state index contributed by atoms with van der Waals surface area (Å²) in [5.41, 5.74) is 1.05. The van der Waals surface area contributed by atoms with E-state index in [0.29, 0.717) is 31.2 Å². The number of fused-ring (bicyclic) bond motifs is 1. The number of rotatable bonds is 4. The van der Waals surface area contributed by atoms with Crippen molar-refractivity contribution in [1.29, 1.82) is 0 Å². The Kier molecular flexibility index (Phi) is 6.21. The smallest absolute Gasteiger partial charge is 0.408 e. The quantitative estimate of drug-likeness (QED) is 0.728. The van der Waals surface area contributed by atoms with Crippen LogP contribution in [0.1, 0.15) is 52.1 Å². The number of benzene rings is 1. The number of aromatic nitrogens is 1. The van der Waals surface area contributed by atoms with Gasteiger partial charge in [0.15, 0.2) is 0 Å². The Morgan fingerprint density at radius 2 is 1.88 bits per heavy atom. The molecule has 2 fully saturated rings. The highest BCUT2D eigenvalue weighted by molar-refractivity contribution is 6.35. The molecule has 1 aliphatic carbocycles. The number of ether oxygens (including phenoxy) is 1. The SMILES string of the molecule is C[C@H](NC(=O)OC(C)(C)C)c1cc2cccc(Cl)c2nc1N1CCN(C(=O)C2CC2)CC1. The van der Waals surface area contributed by atoms with Crippen molar-refractivity contribution in [3.05, 3.63) is 34.9 Å². The third-order valence-electron chi connectivity index (χ3n) is 5.82. The number of halogens is 1. The first kappa shape index (κ1) is 22.6. The Labute approximate surface area is 194 Å². The second kappa shape index (κ2) is 8.77. The minimum absolute atomic E-state index is 0.229. The minimum Gasteiger partial charge on any atom is -0.444 e. The molecule has 2 heterocycles. The van der Waals surface area contributed by atoms with Gasteiger partial charge in [0.1, 0.15) is 11.4 Å². The number of hydrogen-bond acceptors (Lipinski definition) is 5. The van der Waals surface area contributed by atoms with Crippen molar-refractivity contribution in [2.24, 2.45) is 5.92 Å². The van der Waals surface area contributed by atoms with Crippen molar-refractivity contribution in [1.82, 2.24) is 15.2 Å². The van der Waals surface area contributed by atoms with Crippen molar-refractivity contribution in [2.75, 3.05) is 31.1 Å². The molecule has 2 aromatic rings. The van der Waals surface area contributed by atoms with Crippen LogP contribution < -0.4 is 10.2 Å². The summed E-state index contributed by atoms with van der Waals surface area (Å²) in [6.07, 6.45) is 1.56. The fourth-order valence-electron chi connectivity index (χ4n) is 4.03. The number of pyridine rings is 1. The number of para-hydroxylation sites is 1. The first-order valence-corrected chi connectivity index (χ1v) is 11.6. The highest BCUT2D eigenvalue weighted by atomic mass is 35.5. The van der Waals surface area contributed by atoms with E-state index in [2.05, 4.69) is 10.2 Å². The number of anilines is 1. The highest BCUT2D eigenvalue weighted by Gasteiger charge is 2.35. The maximum atomic E-state index is 12.4. The molecule has 32 heavy (non-hydrogen) atoms. The topological polar surface area (TPSA) is 74.8 Å². The molecule has 0 spiro atoms. The molecule has 1 saturated carbocycles. The standard InChI is InChI=1S/C24H31ClN4O3/c1-15(26-23(31)32-24(2,3)4)18-14-17-6-5-7-19(25)20(17)27-21(18)28-10-12-29(13-11-28)22(30)16-8-9-16/h5-7,14-16H,8-13H2,1-4H3,(H,26,31)/t15-/m0/s1. The molecule has 1 atom stereocenters. The zero-order chi connectivity index (χ0) is 23.0. The lowest BCUT2D eigenvalue weighted by Gasteiger charge is -2.37. The number of carbonyl (C=O) groups is 2. The van der Waals surface area contributed by atoms with E-state index in [9.17, 15) is 9.59 Å². The van der Waals surface area contributed by atoms with Crippen molar-refractivity contribution < 1.29 is 14.3 Å². The maximum absolute atomic E-state index is 12.4. The number of hydrogen-bond donors (Lipinski definition) is 1. The molecule has 1 aromatic heterocycles. The Morgan fingerprint density at radius 3 is 2.50 bits per heavy atom. The molecule has 4 rings (SSSR count). The zero-order valence-electron chi connectivity index (χ0n) is 19.2. The summed E-state index contributed by atoms with van der Waals surface area (Å²) in [7, 11) is 0. The zero-order valence-corrected chi connectivity index (χ0v) is 19.9. The summed E-state index contributed by atoms with van der Waals surface area (Å²) >= 11 is 6.44. The lowest BCUT2D eigenvalue weighted by molar-refractivity contribution is -0.132. The molecule has 7 nitrogen and oxygen atoms in total. The number of piperazine rings is 1. The van der Waals surface area contributed by atoms with E-state index in [1.165, 1.54) is 0 Å². The third kappa shape index (κ3) is 5.09. The van der Waals surface area contributed by atoms with Crippen molar-refractivity contribution in [3.8, 4) is 0 Å². The Hall–Kier alpha value is -2.54. The van der Waals surface area contributed by atoms with E-state index in [1.54, 1.807) is 0 Å². The molecule has 1 N–H and O–H groups in total. The van der Waals surface area contributed by atoms with Crippen LogP contribution >= 0.6 is 11.6 Å². The van der Waals surface area contributed by atoms with Crippen LogP contribution in [0.5, 0.6) is 0 Å². The van der Waals surface area contributed by atoms with E-state index in [4.69, 9.17) is 21.3 Å². The molecule has 2 amide bonds. The van der Waals surface area contributed by atoms with Gasteiger partial charge in [0.25, 0.3) is 0 Å². The van der Waals surface area contributed by atoms with Gasteiger partial charge in [0.2, 0.25) is 5.91 Å². The number of amides is 2. The van der Waals surface area contributed by atoms with Gasteiger partial charge < -0.3 is 19.9 Å². The van der Waals surface area contributed by atoms with Crippen LogP contribution in [0.3, 0.4) is 0 Å². The lowest BCUT2D eigenvalue weighted by Crippen LogP contribution is -2.50. The van der Waals surface area contributed by atoms with Crippen LogP contribution in [0.2, 0.25) is 5.02 Å². The summed E-state index contributed by atoms with van der Waals surface area (Å²) < 4.78 is 5.44. The molecule has 1 aliphatic heterocycles. The molecule has 2 aliphatic rings. The van der Waals surface area contributed by atoms with E-state index < -0.39 is 11.7 Å². The minimum atomic E-state index is -0.577. The van der Waals surface area contributed by atoms with Gasteiger partial charge in [-0.15, -0.1) is 0 Å². The summed E-state index contributed by atoms with van der Waals surface area (Å²) in [5.74, 6) is 1.29. The van der Waals surface area contributed by atoms with Gasteiger partial charge in [-0.25, -0.2) is 9.78 Å². The molecule has 0 unspecified atom stereocenters. The molecular formula is C24H31ClN4O3. The summed E-state index contributed by atoms with van der Waals surface area (Å²) in [6.45, 7) is 10.2. The van der Waals surface area contributed by atoms with Crippen molar-refractivity contribution in [3.63, 3.8) is 0 Å². The van der Waals surface area contributed by atoms with Crippen molar-refractivity contribution in [2.45, 2.75) is 52.2 Å². The molecule has 1 aromatic carbocycles. The second-order valence-corrected chi connectivity index (χ2v) is 10.1. The molecule has 8 heteroatoms. The van der Waals surface area contributed by atoms with Gasteiger partial charge in [0.05, 0.1) is 16.6 Å². The number of nitrogens with zero attached hydrogens (tertiary/aromatic N) is 3. The fourth-order valence-corrected chi connectivity index (χ4v) is 4.25. The number of nitrogens with one attached hydrogen (secondary N) is 1. The normalized spacial score (nSPS) is 17.9. The largest absolute Gasteiger partial charge is 0.444 e. The monoisotopic (exact) mass is 458 g/mol. The predicted molar refractivity (Wildman–Crippen MR) is 126 cm³/mol. The molecule has 1 saturated heterocycles. The van der Waals surface area contributed by atoms with E-state index in [0.717, 1.165) is 35.1 Å². The molecule has 172 valence electrons. The maximum Gasteiger partial charge on any atom is 0.408 e. The summed E-state index contributed by atoms with van der Waals surface area (Å²) in [5, 5.41) is 4.44. The van der Waals surface area contributed by atoms with Gasteiger partial charge in [-0.05, 0) is 52.7 Å². The van der Waals surface area contributed by atoms with E-state index >= 15 is 0 Å². The van der Waals surface area contributed by atoms with E-state index in [-0.39, 0.29) is 17.9 Å². The van der Waals surface area contributed by atoms with Gasteiger partial charge >= 0.3 is 6.09 Å². The number of alkyl carbamates (subject to hydrolysis) is 1. The molecule has 0 radical (unpaired) electrons. The van der Waals surface area contributed by atoms with Crippen molar-refractivity contribution >= 4 is 40.3 Å². The second-order valence-electron chi connectivity index (χ2n) is 9.67. The lowest BCUT2D eigenvalue weighted by atomic mass is 10.0. The third-order valence-corrected chi connectivity index (χ3v) is 6.13. The molecule has 0 bridgehead atoms. The number of carbonyl (C=O) groups excluding carboxylic acids is 2.